The molecule has 2 nitrogen and oxygen atoms in total. The maximum absolute atomic E-state index is 2.79. The molecule has 4 rings (SSSR count). The minimum absolute atomic E-state index is 1.22. The van der Waals surface area contributed by atoms with Crippen LogP contribution in [0.15, 0.2) is 36.4 Å². The van der Waals surface area contributed by atoms with Crippen molar-refractivity contribution in [2.24, 2.45) is 0 Å². The van der Waals surface area contributed by atoms with E-state index >= 15 is 0 Å². The first-order valence-corrected chi connectivity index (χ1v) is 20.0. The lowest BCUT2D eigenvalue weighted by Gasteiger charge is -2.30. The van der Waals surface area contributed by atoms with Gasteiger partial charge in [-0.2, -0.15) is 0 Å². The summed E-state index contributed by atoms with van der Waals surface area (Å²) in [5.74, 6) is 0. The van der Waals surface area contributed by atoms with Gasteiger partial charge in [0.05, 0.1) is 0 Å². The Morgan fingerprint density at radius 2 is 0.455 bits per heavy atom. The van der Waals surface area contributed by atoms with Crippen molar-refractivity contribution in [2.75, 3.05) is 36.0 Å². The fourth-order valence-electron chi connectivity index (χ4n) is 7.98. The summed E-state index contributed by atoms with van der Waals surface area (Å²) in [7, 11) is 0. The van der Waals surface area contributed by atoms with Crippen LogP contribution in [0.2, 0.25) is 0 Å². The number of hydrogen-bond acceptors (Lipinski definition) is 2. The molecule has 0 radical (unpaired) electrons. The fraction of sp³-hybridized carbons (Fsp3) is 0.762. The fourth-order valence-corrected chi connectivity index (χ4v) is 7.98. The van der Waals surface area contributed by atoms with Crippen molar-refractivity contribution in [2.45, 2.75) is 180 Å². The molecule has 0 unspecified atom stereocenters. The van der Waals surface area contributed by atoms with E-state index in [1.165, 1.54) is 228 Å². The van der Waals surface area contributed by atoms with Crippen molar-refractivity contribution in [3.63, 3.8) is 0 Å². The van der Waals surface area contributed by atoms with Gasteiger partial charge in [0, 0.05) is 48.3 Å². The first kappa shape index (κ1) is 35.2. The van der Waals surface area contributed by atoms with Gasteiger partial charge in [-0.15, -0.1) is 0 Å². The van der Waals surface area contributed by atoms with Crippen LogP contribution >= 0.6 is 0 Å². The number of rotatable bonds is 0. The normalized spacial score (nSPS) is 21.8. The molecule has 0 spiro atoms. The van der Waals surface area contributed by atoms with E-state index in [0.29, 0.717) is 0 Å². The van der Waals surface area contributed by atoms with E-state index < -0.39 is 0 Å². The molecule has 0 saturated carbocycles. The molecular weight excluding hydrogens is 532 g/mol. The van der Waals surface area contributed by atoms with E-state index in [4.69, 9.17) is 0 Å². The SMILES string of the molecule is c1ccc2c3ccc(c2c1)N1CCCCCCCCCCCCCCCCN3CCCCCCCCCCCCCCCC1. The monoisotopic (exact) mass is 603 g/mol. The highest BCUT2D eigenvalue weighted by atomic mass is 15.1. The molecule has 2 heterocycles. The summed E-state index contributed by atoms with van der Waals surface area (Å²) in [5.41, 5.74) is 2.99. The summed E-state index contributed by atoms with van der Waals surface area (Å²) in [4.78, 5) is 5.57. The molecule has 0 saturated heterocycles. The van der Waals surface area contributed by atoms with Crippen molar-refractivity contribution < 1.29 is 0 Å². The highest BCUT2D eigenvalue weighted by Crippen LogP contribution is 2.35. The molecule has 2 aromatic carbocycles. The Kier molecular flexibility index (Phi) is 18.2. The molecule has 0 fully saturated rings. The van der Waals surface area contributed by atoms with Gasteiger partial charge in [-0.05, 0) is 37.8 Å². The molecule has 4 bridgehead atoms. The summed E-state index contributed by atoms with van der Waals surface area (Å²) < 4.78 is 0. The molecular formula is C42H70N2. The van der Waals surface area contributed by atoms with E-state index in [1.54, 1.807) is 0 Å². The van der Waals surface area contributed by atoms with Gasteiger partial charge in [-0.25, -0.2) is 0 Å². The van der Waals surface area contributed by atoms with E-state index in [-0.39, 0.29) is 0 Å². The number of anilines is 2. The van der Waals surface area contributed by atoms with Crippen molar-refractivity contribution in [1.82, 2.24) is 0 Å². The highest BCUT2D eigenvalue weighted by Gasteiger charge is 2.16. The number of benzene rings is 2. The molecule has 2 aliphatic heterocycles. The van der Waals surface area contributed by atoms with Crippen LogP contribution in [0.1, 0.15) is 180 Å². The van der Waals surface area contributed by atoms with Crippen LogP contribution < -0.4 is 9.80 Å². The number of nitrogens with zero attached hydrogens (tertiary/aromatic N) is 2. The average Bonchev–Trinajstić information content (AvgIpc) is 3.04. The molecule has 0 aromatic heterocycles. The smallest absolute Gasteiger partial charge is 0.0447 e. The Morgan fingerprint density at radius 1 is 0.250 bits per heavy atom. The Hall–Kier alpha value is -1.70. The Balaban J connectivity index is 1.54. The van der Waals surface area contributed by atoms with E-state index in [0.717, 1.165) is 0 Å². The van der Waals surface area contributed by atoms with Gasteiger partial charge < -0.3 is 9.80 Å². The van der Waals surface area contributed by atoms with Gasteiger partial charge in [-0.3, -0.25) is 0 Å². The first-order valence-electron chi connectivity index (χ1n) is 20.0. The molecule has 0 atom stereocenters. The first-order chi connectivity index (χ1) is 21.9. The van der Waals surface area contributed by atoms with Crippen LogP contribution in [-0.4, -0.2) is 26.2 Å². The largest absolute Gasteiger partial charge is 0.371 e. The Labute approximate surface area is 273 Å². The summed E-state index contributed by atoms with van der Waals surface area (Å²) in [5, 5.41) is 2.97. The molecule has 248 valence electrons. The highest BCUT2D eigenvalue weighted by molar-refractivity contribution is 6.02. The zero-order valence-electron chi connectivity index (χ0n) is 29.0. The van der Waals surface area contributed by atoms with Crippen LogP contribution in [0.4, 0.5) is 11.4 Å². The maximum Gasteiger partial charge on any atom is 0.0447 e. The number of fused-ring (bicyclic) bond motifs is 1. The molecule has 44 heavy (non-hydrogen) atoms. The minimum atomic E-state index is 1.22. The molecule has 2 aliphatic rings. The van der Waals surface area contributed by atoms with Gasteiger partial charge in [0.15, 0.2) is 0 Å². The van der Waals surface area contributed by atoms with Crippen molar-refractivity contribution in [3.8, 4) is 0 Å². The van der Waals surface area contributed by atoms with Crippen LogP contribution in [0.3, 0.4) is 0 Å². The zero-order valence-corrected chi connectivity index (χ0v) is 29.0. The number of hydrogen-bond donors (Lipinski definition) is 0. The summed E-state index contributed by atoms with van der Waals surface area (Å²) in [6.07, 6.45) is 39.8. The predicted molar refractivity (Wildman–Crippen MR) is 198 cm³/mol. The third kappa shape index (κ3) is 13.3. The Morgan fingerprint density at radius 3 is 0.682 bits per heavy atom. The van der Waals surface area contributed by atoms with Crippen molar-refractivity contribution >= 4 is 22.1 Å². The van der Waals surface area contributed by atoms with Gasteiger partial charge in [-0.1, -0.05) is 178 Å². The predicted octanol–water partition coefficient (Wildman–Crippen LogP) is 13.4. The Bertz CT molecular complexity index is 868. The second-order valence-corrected chi connectivity index (χ2v) is 14.5. The molecule has 2 heteroatoms. The second-order valence-electron chi connectivity index (χ2n) is 14.5. The zero-order chi connectivity index (χ0) is 30.3. The third-order valence-electron chi connectivity index (χ3n) is 10.8. The standard InChI is InChI=1S/C42H70N2/c1-2-6-10-14-18-22-28-36-44-38-30-24-20-16-12-8-4-3-7-11-15-19-23-29-37-43(35-27-21-17-13-9-5-1)41-33-34-42(44)40-32-26-25-31-39(40)41/h25-26,31-34H,1-24,27-30,35-38H2. The maximum atomic E-state index is 2.79. The van der Waals surface area contributed by atoms with Gasteiger partial charge >= 0.3 is 0 Å². The molecule has 0 aliphatic carbocycles. The van der Waals surface area contributed by atoms with Crippen molar-refractivity contribution in [1.29, 1.82) is 0 Å². The van der Waals surface area contributed by atoms with Crippen LogP contribution in [0.25, 0.3) is 10.8 Å². The van der Waals surface area contributed by atoms with Gasteiger partial charge in [0.2, 0.25) is 0 Å². The van der Waals surface area contributed by atoms with Crippen LogP contribution in [0, 0.1) is 0 Å². The molecule has 0 amide bonds. The quantitative estimate of drug-likeness (QED) is 0.296. The molecule has 2 aromatic rings. The summed E-state index contributed by atoms with van der Waals surface area (Å²) >= 11 is 0. The van der Waals surface area contributed by atoms with Gasteiger partial charge in [0.25, 0.3) is 0 Å². The third-order valence-corrected chi connectivity index (χ3v) is 10.8. The second kappa shape index (κ2) is 22.7. The minimum Gasteiger partial charge on any atom is -0.371 e. The van der Waals surface area contributed by atoms with Crippen molar-refractivity contribution in [3.05, 3.63) is 36.4 Å². The summed E-state index contributed by atoms with van der Waals surface area (Å²) in [6, 6.07) is 14.5. The summed E-state index contributed by atoms with van der Waals surface area (Å²) in [6.45, 7) is 4.86. The van der Waals surface area contributed by atoms with Crippen LogP contribution in [-0.2, 0) is 0 Å². The lowest BCUT2D eigenvalue weighted by atomic mass is 10.0. The van der Waals surface area contributed by atoms with E-state index in [1.807, 2.05) is 0 Å². The topological polar surface area (TPSA) is 6.48 Å². The molecule has 0 N–H and O–H groups in total. The average molecular weight is 603 g/mol. The lowest BCUT2D eigenvalue weighted by Crippen LogP contribution is -2.28. The van der Waals surface area contributed by atoms with Gasteiger partial charge in [0.1, 0.15) is 0 Å². The van der Waals surface area contributed by atoms with E-state index in [9.17, 15) is 0 Å². The lowest BCUT2D eigenvalue weighted by molar-refractivity contribution is 0.522. The van der Waals surface area contributed by atoms with Crippen LogP contribution in [0.5, 0.6) is 0 Å². The van der Waals surface area contributed by atoms with E-state index in [2.05, 4.69) is 46.2 Å².